The number of piperidine rings is 1. The Balaban J connectivity index is 1.71. The number of fused-ring (bicyclic) bond motifs is 3. The number of amides is 1. The SMILES string of the molecule is CCO[C@H]1C[C@@H]2CC[C@@H](C)[C@@](O)(O2)C(=O)C(=O)N2CCCC[C@H]2C(=O)O[C@H]([C@H](C)Cc2ccc(O)c(OC)c2)CC(=O)[C@H](C)CC(C)[C@@H](O)[C@@H](OC)C(=O)[C@H](C)C[C@H](C)/C=C/C=CC=C1C. The molecule has 1 aromatic carbocycles. The normalized spacial score (nSPS) is 34.2. The Morgan fingerprint density at radius 2 is 1.65 bits per heavy atom. The van der Waals surface area contributed by atoms with Crippen LogP contribution in [0.25, 0.3) is 0 Å². The van der Waals surface area contributed by atoms with Crippen molar-refractivity contribution in [3.05, 3.63) is 59.7 Å². The van der Waals surface area contributed by atoms with Crippen LogP contribution in [0.3, 0.4) is 0 Å². The Kier molecular flexibility index (Phi) is 20.8. The van der Waals surface area contributed by atoms with Crippen molar-refractivity contribution >= 4 is 29.2 Å². The number of Topliss-reactive ketones (excluding diaryl/α,β-unsaturated/α-hetero) is 3. The number of ketones is 3. The van der Waals surface area contributed by atoms with Crippen LogP contribution in [0.2, 0.25) is 0 Å². The molecular formula is C52H77NO13. The quantitative estimate of drug-likeness (QED) is 0.186. The number of hydrogen-bond donors (Lipinski definition) is 3. The lowest BCUT2D eigenvalue weighted by Crippen LogP contribution is -2.61. The highest BCUT2D eigenvalue weighted by Crippen LogP contribution is 2.37. The monoisotopic (exact) mass is 924 g/mol. The zero-order valence-corrected chi connectivity index (χ0v) is 40.9. The third-order valence-corrected chi connectivity index (χ3v) is 13.9. The van der Waals surface area contributed by atoms with Gasteiger partial charge in [0.15, 0.2) is 17.3 Å². The molecule has 1 aromatic rings. The van der Waals surface area contributed by atoms with Gasteiger partial charge in [-0.05, 0) is 106 Å². The van der Waals surface area contributed by atoms with Crippen molar-refractivity contribution in [2.45, 2.75) is 162 Å². The van der Waals surface area contributed by atoms with Gasteiger partial charge in [0.2, 0.25) is 5.79 Å². The molecule has 3 heterocycles. The van der Waals surface area contributed by atoms with Crippen LogP contribution in [0.4, 0.5) is 0 Å². The van der Waals surface area contributed by atoms with E-state index < -0.39 is 89.6 Å². The number of aliphatic hydroxyl groups excluding tert-OH is 1. The molecule has 66 heavy (non-hydrogen) atoms. The molecule has 14 heteroatoms. The highest BCUT2D eigenvalue weighted by Gasteiger charge is 2.53. The molecule has 13 atom stereocenters. The van der Waals surface area contributed by atoms with Gasteiger partial charge in [-0.1, -0.05) is 78.0 Å². The lowest BCUT2D eigenvalue weighted by Gasteiger charge is -2.42. The first-order valence-electron chi connectivity index (χ1n) is 24.0. The number of allylic oxidation sites excluding steroid dienone is 5. The fourth-order valence-corrected chi connectivity index (χ4v) is 9.59. The summed E-state index contributed by atoms with van der Waals surface area (Å²) < 4.78 is 29.5. The van der Waals surface area contributed by atoms with Gasteiger partial charge in [0.1, 0.15) is 24.0 Å². The summed E-state index contributed by atoms with van der Waals surface area (Å²) in [5.74, 6) is -8.38. The minimum absolute atomic E-state index is 0.0241. The van der Waals surface area contributed by atoms with Gasteiger partial charge in [-0.2, -0.15) is 0 Å². The number of nitrogens with zero attached hydrogens (tertiary/aromatic N) is 1. The van der Waals surface area contributed by atoms with Gasteiger partial charge >= 0.3 is 5.97 Å². The number of methoxy groups -OCH3 is 2. The lowest BCUT2D eigenvalue weighted by atomic mass is 9.82. The van der Waals surface area contributed by atoms with Crippen molar-refractivity contribution in [2.75, 3.05) is 27.4 Å². The van der Waals surface area contributed by atoms with E-state index in [0.29, 0.717) is 51.6 Å². The van der Waals surface area contributed by atoms with Crippen molar-refractivity contribution in [1.29, 1.82) is 0 Å². The van der Waals surface area contributed by atoms with Gasteiger partial charge in [0.05, 0.1) is 25.4 Å². The molecule has 3 aliphatic rings. The van der Waals surface area contributed by atoms with Crippen LogP contribution in [0.15, 0.2) is 54.2 Å². The number of esters is 1. The number of phenols is 1. The van der Waals surface area contributed by atoms with E-state index in [1.165, 1.54) is 25.2 Å². The third kappa shape index (κ3) is 14.2. The zero-order valence-electron chi connectivity index (χ0n) is 40.9. The average molecular weight is 924 g/mol. The smallest absolute Gasteiger partial charge is 0.329 e. The number of ether oxygens (including phenoxy) is 5. The summed E-state index contributed by atoms with van der Waals surface area (Å²) in [6, 6.07) is 3.72. The molecule has 3 aliphatic heterocycles. The molecule has 368 valence electrons. The molecule has 0 aromatic heterocycles. The number of carbonyl (C=O) groups excluding carboxylic acids is 5. The van der Waals surface area contributed by atoms with Crippen LogP contribution in [-0.4, -0.2) is 119 Å². The molecule has 4 rings (SSSR count). The maximum atomic E-state index is 14.4. The molecule has 2 bridgehead atoms. The number of aliphatic hydroxyl groups is 2. The van der Waals surface area contributed by atoms with Gasteiger partial charge in [-0.3, -0.25) is 19.2 Å². The zero-order chi connectivity index (χ0) is 48.9. The summed E-state index contributed by atoms with van der Waals surface area (Å²) >= 11 is 0. The van der Waals surface area contributed by atoms with Crippen LogP contribution >= 0.6 is 0 Å². The molecule has 0 saturated carbocycles. The van der Waals surface area contributed by atoms with Crippen LogP contribution < -0.4 is 4.74 Å². The standard InChI is InChI=1S/C52H77NO13/c1-11-64-43-29-39-22-20-37(8)52(61,66-39)49(58)50(59)53-24-16-15-19-40(53)51(60)65-44(34(5)27-38-21-23-41(54)45(28-38)62-9)30-42(55)33(4)26-36(7)47(57)48(63-10)46(56)35(6)25-31(2)17-13-12-14-18-32(43)3/h12-14,17-18,21,23,28,31,33-37,39-40,43-44,47-48,54,57,61H,11,15-16,19-20,22,24-27,29-30H2,1-10H3/b14-12?,17-13+,32-18?/t31-,33-,34-,35-,36?,37-,39+,40+,43+,44+,47-,48+,52-/m1/s1. The Labute approximate surface area is 392 Å². The maximum absolute atomic E-state index is 14.4. The fraction of sp³-hybridized carbons (Fsp3) is 0.673. The summed E-state index contributed by atoms with van der Waals surface area (Å²) in [5.41, 5.74) is 1.65. The summed E-state index contributed by atoms with van der Waals surface area (Å²) in [5, 5.41) is 33.7. The largest absolute Gasteiger partial charge is 0.504 e. The summed E-state index contributed by atoms with van der Waals surface area (Å²) in [4.78, 5) is 71.9. The number of hydrogen-bond acceptors (Lipinski definition) is 13. The minimum atomic E-state index is -2.44. The molecule has 2 fully saturated rings. The van der Waals surface area contributed by atoms with Crippen molar-refractivity contribution < 1.29 is 63.0 Å². The summed E-state index contributed by atoms with van der Waals surface area (Å²) in [6.45, 7) is 15.1. The number of benzene rings is 1. The molecule has 0 aliphatic carbocycles. The second kappa shape index (κ2) is 25.2. The van der Waals surface area contributed by atoms with Crippen molar-refractivity contribution in [1.82, 2.24) is 4.90 Å². The molecular weight excluding hydrogens is 847 g/mol. The van der Waals surface area contributed by atoms with Crippen molar-refractivity contribution in [2.24, 2.45) is 35.5 Å². The molecule has 3 N–H and O–H groups in total. The molecule has 1 unspecified atom stereocenters. The molecule has 0 radical (unpaired) electrons. The Hall–Kier alpha value is -4.21. The first-order chi connectivity index (χ1) is 31.2. The number of phenolic OH excluding ortho intramolecular Hbond substituents is 1. The second-order valence-electron chi connectivity index (χ2n) is 19.2. The average Bonchev–Trinajstić information content (AvgIpc) is 3.29. The Bertz CT molecular complexity index is 1910. The highest BCUT2D eigenvalue weighted by atomic mass is 16.6. The summed E-state index contributed by atoms with van der Waals surface area (Å²) in [7, 11) is 2.83. The topological polar surface area (TPSA) is 195 Å². The minimum Gasteiger partial charge on any atom is -0.504 e. The molecule has 2 saturated heterocycles. The van der Waals surface area contributed by atoms with E-state index in [9.17, 15) is 39.3 Å². The predicted octanol–water partition coefficient (Wildman–Crippen LogP) is 7.04. The number of cyclic esters (lactones) is 1. The van der Waals surface area contributed by atoms with Crippen molar-refractivity contribution in [3.8, 4) is 11.5 Å². The van der Waals surface area contributed by atoms with E-state index in [2.05, 4.69) is 0 Å². The Morgan fingerprint density at radius 1 is 0.924 bits per heavy atom. The van der Waals surface area contributed by atoms with E-state index in [1.54, 1.807) is 32.9 Å². The van der Waals surface area contributed by atoms with Crippen LogP contribution in [0, 0.1) is 35.5 Å². The molecule has 14 nitrogen and oxygen atoms in total. The van der Waals surface area contributed by atoms with Gasteiger partial charge in [-0.25, -0.2) is 4.79 Å². The van der Waals surface area contributed by atoms with Crippen LogP contribution in [0.5, 0.6) is 11.5 Å². The van der Waals surface area contributed by atoms with E-state index in [-0.39, 0.29) is 54.8 Å². The first kappa shape index (κ1) is 54.4. The second-order valence-corrected chi connectivity index (χ2v) is 19.2. The molecule has 0 spiro atoms. The third-order valence-electron chi connectivity index (χ3n) is 13.9. The van der Waals surface area contributed by atoms with Gasteiger partial charge in [-0.15, -0.1) is 0 Å². The first-order valence-corrected chi connectivity index (χ1v) is 24.0. The van der Waals surface area contributed by atoms with E-state index in [0.717, 1.165) is 11.1 Å². The van der Waals surface area contributed by atoms with E-state index in [4.69, 9.17) is 23.7 Å². The van der Waals surface area contributed by atoms with Crippen LogP contribution in [0.1, 0.15) is 119 Å². The highest BCUT2D eigenvalue weighted by molar-refractivity contribution is 6.39. The van der Waals surface area contributed by atoms with E-state index in [1.807, 2.05) is 65.0 Å². The van der Waals surface area contributed by atoms with Gasteiger partial charge in [0.25, 0.3) is 11.7 Å². The molecule has 1 amide bonds. The maximum Gasteiger partial charge on any atom is 0.329 e. The predicted molar refractivity (Wildman–Crippen MR) is 249 cm³/mol. The number of aromatic hydroxyl groups is 1. The van der Waals surface area contributed by atoms with E-state index >= 15 is 0 Å². The number of rotatable bonds is 7. The Morgan fingerprint density at radius 3 is 2.33 bits per heavy atom. The number of carbonyl (C=O) groups is 5. The van der Waals surface area contributed by atoms with Crippen molar-refractivity contribution in [3.63, 3.8) is 0 Å². The van der Waals surface area contributed by atoms with Crippen LogP contribution in [-0.2, 0) is 49.3 Å². The van der Waals surface area contributed by atoms with Gasteiger partial charge in [0, 0.05) is 50.9 Å². The van der Waals surface area contributed by atoms with Gasteiger partial charge < -0.3 is 43.9 Å². The summed E-state index contributed by atoms with van der Waals surface area (Å²) in [6.07, 6.45) is 8.72. The lowest BCUT2D eigenvalue weighted by molar-refractivity contribution is -0.266. The fourth-order valence-electron chi connectivity index (χ4n) is 9.59.